The fraction of sp³-hybridized carbons (Fsp3) is 0.143. The lowest BCUT2D eigenvalue weighted by molar-refractivity contribution is -0.131. The van der Waals surface area contributed by atoms with Crippen molar-refractivity contribution in [2.24, 2.45) is 0 Å². The molecule has 2 aromatic rings. The van der Waals surface area contributed by atoms with Gasteiger partial charge in [0.1, 0.15) is 18.1 Å². The minimum Gasteiger partial charge on any atom is -0.497 e. The Morgan fingerprint density at radius 3 is 3.00 bits per heavy atom. The van der Waals surface area contributed by atoms with Crippen LogP contribution in [0.25, 0.3) is 6.08 Å². The number of benzene rings is 1. The number of nitrogens with zero attached hydrogens (tertiary/aromatic N) is 1. The molecular weight excluding hydrogens is 278 g/mol. The van der Waals surface area contributed by atoms with Gasteiger partial charge in [0.15, 0.2) is 0 Å². The van der Waals surface area contributed by atoms with E-state index < -0.39 is 5.97 Å². The highest BCUT2D eigenvalue weighted by atomic mass is 32.1. The topological polar surface area (TPSA) is 68.7 Å². The van der Waals surface area contributed by atoms with Crippen molar-refractivity contribution in [3.05, 3.63) is 46.4 Å². The maximum absolute atomic E-state index is 10.6. The molecule has 0 radical (unpaired) electrons. The van der Waals surface area contributed by atoms with Crippen molar-refractivity contribution in [3.8, 4) is 11.5 Å². The molecule has 0 bridgehead atoms. The molecule has 104 valence electrons. The SMILES string of the molecule is COc1ccc(OCc2cscn2)c(/C=C/C(=O)O)c1. The largest absolute Gasteiger partial charge is 0.497 e. The van der Waals surface area contributed by atoms with Crippen LogP contribution in [0.4, 0.5) is 0 Å². The predicted octanol–water partition coefficient (Wildman–Crippen LogP) is 2.83. The normalized spacial score (nSPS) is 10.7. The molecule has 0 spiro atoms. The van der Waals surface area contributed by atoms with Crippen LogP contribution in [0.3, 0.4) is 0 Å². The molecule has 0 amide bonds. The number of carbonyl (C=O) groups is 1. The van der Waals surface area contributed by atoms with Crippen molar-refractivity contribution in [1.29, 1.82) is 0 Å². The molecule has 2 rings (SSSR count). The standard InChI is InChI=1S/C14H13NO4S/c1-18-12-3-4-13(10(6-12)2-5-14(16)17)19-7-11-8-20-9-15-11/h2-6,8-9H,7H2,1H3,(H,16,17)/b5-2+. The molecule has 5 nitrogen and oxygen atoms in total. The Bertz CT molecular complexity index is 608. The van der Waals surface area contributed by atoms with Gasteiger partial charge in [0.25, 0.3) is 0 Å². The summed E-state index contributed by atoms with van der Waals surface area (Å²) < 4.78 is 10.8. The number of hydrogen-bond acceptors (Lipinski definition) is 5. The van der Waals surface area contributed by atoms with Crippen LogP contribution in [0.5, 0.6) is 11.5 Å². The number of carboxylic acid groups (broad SMARTS) is 1. The molecule has 1 N–H and O–H groups in total. The molecule has 20 heavy (non-hydrogen) atoms. The number of ether oxygens (including phenoxy) is 2. The van der Waals surface area contributed by atoms with Crippen molar-refractivity contribution in [3.63, 3.8) is 0 Å². The van der Waals surface area contributed by atoms with Gasteiger partial charge in [-0.15, -0.1) is 11.3 Å². The molecule has 1 heterocycles. The number of thiazole rings is 1. The highest BCUT2D eigenvalue weighted by Crippen LogP contribution is 2.26. The second-order valence-electron chi connectivity index (χ2n) is 3.84. The van der Waals surface area contributed by atoms with Gasteiger partial charge in [0.05, 0.1) is 18.3 Å². The first-order valence-corrected chi connectivity index (χ1v) is 6.72. The van der Waals surface area contributed by atoms with Crippen LogP contribution < -0.4 is 9.47 Å². The van der Waals surface area contributed by atoms with Gasteiger partial charge in [-0.1, -0.05) is 0 Å². The second kappa shape index (κ2) is 6.72. The van der Waals surface area contributed by atoms with E-state index in [2.05, 4.69) is 4.98 Å². The third-order valence-corrected chi connectivity index (χ3v) is 3.12. The maximum atomic E-state index is 10.6. The summed E-state index contributed by atoms with van der Waals surface area (Å²) in [7, 11) is 1.55. The van der Waals surface area contributed by atoms with Gasteiger partial charge >= 0.3 is 5.97 Å². The molecular formula is C14H13NO4S. The number of methoxy groups -OCH3 is 1. The van der Waals surface area contributed by atoms with Gasteiger partial charge in [0.2, 0.25) is 0 Å². The molecule has 1 aromatic heterocycles. The first kappa shape index (κ1) is 14.1. The highest BCUT2D eigenvalue weighted by Gasteiger charge is 2.05. The number of rotatable bonds is 6. The van der Waals surface area contributed by atoms with Gasteiger partial charge < -0.3 is 14.6 Å². The zero-order valence-corrected chi connectivity index (χ0v) is 11.6. The van der Waals surface area contributed by atoms with Crippen molar-refractivity contribution >= 4 is 23.4 Å². The fourth-order valence-electron chi connectivity index (χ4n) is 1.54. The molecule has 0 fully saturated rings. The van der Waals surface area contributed by atoms with Crippen LogP contribution in [0.1, 0.15) is 11.3 Å². The Hall–Kier alpha value is -2.34. The predicted molar refractivity (Wildman–Crippen MR) is 76.1 cm³/mol. The summed E-state index contributed by atoms with van der Waals surface area (Å²) in [6.07, 6.45) is 2.53. The van der Waals surface area contributed by atoms with E-state index in [1.54, 1.807) is 30.8 Å². The van der Waals surface area contributed by atoms with Crippen LogP contribution in [0.2, 0.25) is 0 Å². The van der Waals surface area contributed by atoms with Crippen molar-refractivity contribution in [2.75, 3.05) is 7.11 Å². The average molecular weight is 291 g/mol. The van der Waals surface area contributed by atoms with E-state index in [0.717, 1.165) is 11.8 Å². The summed E-state index contributed by atoms with van der Waals surface area (Å²) in [5.41, 5.74) is 3.21. The van der Waals surface area contributed by atoms with Crippen LogP contribution in [0, 0.1) is 0 Å². The third kappa shape index (κ3) is 3.83. The average Bonchev–Trinajstić information content (AvgIpc) is 2.96. The number of aliphatic carboxylic acids is 1. The smallest absolute Gasteiger partial charge is 0.328 e. The fourth-order valence-corrected chi connectivity index (χ4v) is 2.08. The van der Waals surface area contributed by atoms with Crippen LogP contribution >= 0.6 is 11.3 Å². The van der Waals surface area contributed by atoms with E-state index in [9.17, 15) is 4.79 Å². The van der Waals surface area contributed by atoms with E-state index in [-0.39, 0.29) is 0 Å². The lowest BCUT2D eigenvalue weighted by Crippen LogP contribution is -1.98. The Morgan fingerprint density at radius 2 is 2.35 bits per heavy atom. The minimum atomic E-state index is -1.02. The van der Waals surface area contributed by atoms with Crippen molar-refractivity contribution in [1.82, 2.24) is 4.98 Å². The summed E-state index contributed by atoms with van der Waals surface area (Å²) in [4.78, 5) is 14.7. The van der Waals surface area contributed by atoms with Gasteiger partial charge in [-0.05, 0) is 24.3 Å². The van der Waals surface area contributed by atoms with Crippen molar-refractivity contribution in [2.45, 2.75) is 6.61 Å². The third-order valence-electron chi connectivity index (χ3n) is 2.48. The molecule has 1 aromatic carbocycles. The molecule has 0 aliphatic carbocycles. The Morgan fingerprint density at radius 1 is 1.50 bits per heavy atom. The summed E-state index contributed by atoms with van der Waals surface area (Å²) in [6, 6.07) is 5.22. The zero-order chi connectivity index (χ0) is 14.4. The Balaban J connectivity index is 2.19. The van der Waals surface area contributed by atoms with Crippen LogP contribution in [0.15, 0.2) is 35.2 Å². The molecule has 0 aliphatic rings. The van der Waals surface area contributed by atoms with E-state index in [1.807, 2.05) is 5.38 Å². The maximum Gasteiger partial charge on any atom is 0.328 e. The molecule has 0 saturated carbocycles. The van der Waals surface area contributed by atoms with Gasteiger partial charge in [-0.2, -0.15) is 0 Å². The number of hydrogen-bond donors (Lipinski definition) is 1. The summed E-state index contributed by atoms with van der Waals surface area (Å²) in [5.74, 6) is 0.200. The molecule has 0 atom stereocenters. The van der Waals surface area contributed by atoms with Crippen molar-refractivity contribution < 1.29 is 19.4 Å². The highest BCUT2D eigenvalue weighted by molar-refractivity contribution is 7.07. The summed E-state index contributed by atoms with van der Waals surface area (Å²) in [6.45, 7) is 0.337. The van der Waals surface area contributed by atoms with Gasteiger partial charge in [-0.25, -0.2) is 9.78 Å². The Kier molecular flexibility index (Phi) is 4.73. The van der Waals surface area contributed by atoms with Gasteiger partial charge in [-0.3, -0.25) is 0 Å². The lowest BCUT2D eigenvalue weighted by Gasteiger charge is -2.09. The molecule has 0 unspecified atom stereocenters. The monoisotopic (exact) mass is 291 g/mol. The zero-order valence-electron chi connectivity index (χ0n) is 10.8. The minimum absolute atomic E-state index is 0.337. The number of aromatic nitrogens is 1. The van der Waals surface area contributed by atoms with Crippen LogP contribution in [-0.4, -0.2) is 23.2 Å². The van der Waals surface area contributed by atoms with Gasteiger partial charge in [0, 0.05) is 17.0 Å². The lowest BCUT2D eigenvalue weighted by atomic mass is 10.1. The molecule has 0 saturated heterocycles. The second-order valence-corrected chi connectivity index (χ2v) is 4.56. The van der Waals surface area contributed by atoms with Crippen LogP contribution in [-0.2, 0) is 11.4 Å². The molecule has 0 aliphatic heterocycles. The summed E-state index contributed by atoms with van der Waals surface area (Å²) in [5, 5.41) is 10.6. The Labute approximate surface area is 120 Å². The van der Waals surface area contributed by atoms with E-state index in [4.69, 9.17) is 14.6 Å². The molecule has 6 heteroatoms. The number of carboxylic acids is 1. The first-order valence-electron chi connectivity index (χ1n) is 5.78. The van der Waals surface area contributed by atoms with E-state index in [0.29, 0.717) is 23.7 Å². The van der Waals surface area contributed by atoms with E-state index >= 15 is 0 Å². The summed E-state index contributed by atoms with van der Waals surface area (Å²) >= 11 is 1.50. The first-order chi connectivity index (χ1) is 9.69. The van der Waals surface area contributed by atoms with E-state index in [1.165, 1.54) is 17.4 Å². The quantitative estimate of drug-likeness (QED) is 0.829.